The summed E-state index contributed by atoms with van der Waals surface area (Å²) >= 11 is 0. The van der Waals surface area contributed by atoms with E-state index in [1.807, 2.05) is 19.9 Å². The first-order valence-electron chi connectivity index (χ1n) is 7.83. The number of anilines is 1. The molecule has 1 amide bonds. The quantitative estimate of drug-likeness (QED) is 0.899. The number of amides is 1. The topological polar surface area (TPSA) is 44.4 Å². The molecule has 2 aliphatic rings. The largest absolute Gasteiger partial charge is 0.369 e. The van der Waals surface area contributed by atoms with Crippen LogP contribution in [0.15, 0.2) is 12.1 Å². The van der Waals surface area contributed by atoms with Gasteiger partial charge in [-0.1, -0.05) is 19.9 Å². The van der Waals surface area contributed by atoms with E-state index in [1.54, 1.807) is 6.07 Å². The van der Waals surface area contributed by atoms with Crippen molar-refractivity contribution in [2.24, 2.45) is 0 Å². The van der Waals surface area contributed by atoms with Crippen molar-refractivity contribution >= 4 is 11.6 Å². The molecule has 3 rings (SSSR count). The molecule has 0 unspecified atom stereocenters. The molecule has 2 N–H and O–H groups in total. The summed E-state index contributed by atoms with van der Waals surface area (Å²) in [6.45, 7) is 6.92. The van der Waals surface area contributed by atoms with E-state index in [2.05, 4.69) is 15.5 Å². The van der Waals surface area contributed by atoms with Gasteiger partial charge in [-0.15, -0.1) is 0 Å². The number of benzene rings is 1. The zero-order valence-corrected chi connectivity index (χ0v) is 13.1. The molecule has 2 heterocycles. The van der Waals surface area contributed by atoms with Crippen LogP contribution in [0.5, 0.6) is 0 Å². The van der Waals surface area contributed by atoms with Crippen molar-refractivity contribution in [1.82, 2.24) is 10.6 Å². The van der Waals surface area contributed by atoms with Gasteiger partial charge in [-0.05, 0) is 23.6 Å². The molecule has 4 nitrogen and oxygen atoms in total. The number of nitrogens with zero attached hydrogens (tertiary/aromatic N) is 1. The molecule has 0 atom stereocenters. The smallest absolute Gasteiger partial charge is 0.255 e. The van der Waals surface area contributed by atoms with Gasteiger partial charge in [0.15, 0.2) is 0 Å². The van der Waals surface area contributed by atoms with Crippen molar-refractivity contribution in [3.8, 4) is 0 Å². The van der Waals surface area contributed by atoms with Crippen molar-refractivity contribution in [2.75, 3.05) is 31.1 Å². The van der Waals surface area contributed by atoms with E-state index < -0.39 is 18.9 Å². The maximum absolute atomic E-state index is 12.2. The lowest BCUT2D eigenvalue weighted by atomic mass is 10.00. The highest BCUT2D eigenvalue weighted by atomic mass is 19.3. The van der Waals surface area contributed by atoms with E-state index in [0.717, 1.165) is 43.9 Å². The average molecular weight is 311 g/mol. The monoisotopic (exact) mass is 311 g/mol. The standard InChI is InChI=1S/C14H17F2N3O.C2H6/c15-12(16)8-18-14(20)11-2-1-9-7-17-4-6-19-5-3-10(11)13(9)19;1-2/h1-2,12,17H,3-8H2,(H,18,20);1-2H3. The van der Waals surface area contributed by atoms with Crippen LogP contribution in [0.4, 0.5) is 14.5 Å². The Kier molecular flexibility index (Phi) is 5.71. The number of hydrogen-bond donors (Lipinski definition) is 2. The number of rotatable bonds is 3. The van der Waals surface area contributed by atoms with Crippen molar-refractivity contribution in [3.05, 3.63) is 28.8 Å². The van der Waals surface area contributed by atoms with Gasteiger partial charge in [-0.25, -0.2) is 8.78 Å². The first-order valence-corrected chi connectivity index (χ1v) is 7.83. The molecule has 22 heavy (non-hydrogen) atoms. The Morgan fingerprint density at radius 2 is 2.14 bits per heavy atom. The lowest BCUT2D eigenvalue weighted by Gasteiger charge is -2.19. The summed E-state index contributed by atoms with van der Waals surface area (Å²) in [5, 5.41) is 5.63. The molecule has 0 radical (unpaired) electrons. The van der Waals surface area contributed by atoms with Crippen LogP contribution < -0.4 is 15.5 Å². The van der Waals surface area contributed by atoms with Gasteiger partial charge < -0.3 is 15.5 Å². The summed E-state index contributed by atoms with van der Waals surface area (Å²) in [5.74, 6) is -0.401. The van der Waals surface area contributed by atoms with Crippen LogP contribution in [0.3, 0.4) is 0 Å². The van der Waals surface area contributed by atoms with E-state index >= 15 is 0 Å². The third-order valence-corrected chi connectivity index (χ3v) is 3.85. The van der Waals surface area contributed by atoms with Crippen molar-refractivity contribution in [1.29, 1.82) is 0 Å². The fourth-order valence-electron chi connectivity index (χ4n) is 2.97. The van der Waals surface area contributed by atoms with Crippen LogP contribution in [0.25, 0.3) is 0 Å². The second kappa shape index (κ2) is 7.54. The molecule has 0 bridgehead atoms. The molecule has 0 saturated carbocycles. The first kappa shape index (κ1) is 16.7. The molecule has 0 fully saturated rings. The summed E-state index contributed by atoms with van der Waals surface area (Å²) in [7, 11) is 0. The van der Waals surface area contributed by atoms with Crippen LogP contribution >= 0.6 is 0 Å². The number of halogens is 2. The van der Waals surface area contributed by atoms with E-state index in [4.69, 9.17) is 0 Å². The number of carbonyl (C=O) groups is 1. The van der Waals surface area contributed by atoms with E-state index in [0.29, 0.717) is 5.56 Å². The van der Waals surface area contributed by atoms with Gasteiger partial charge in [0, 0.05) is 37.4 Å². The predicted molar refractivity (Wildman–Crippen MR) is 83.8 cm³/mol. The van der Waals surface area contributed by atoms with Gasteiger partial charge in [0.25, 0.3) is 12.3 Å². The molecule has 0 aliphatic carbocycles. The molecule has 122 valence electrons. The molecule has 0 spiro atoms. The van der Waals surface area contributed by atoms with Crippen LogP contribution in [-0.4, -0.2) is 38.5 Å². The van der Waals surface area contributed by atoms with E-state index in [9.17, 15) is 13.6 Å². The predicted octanol–water partition coefficient (Wildman–Crippen LogP) is 2.17. The highest BCUT2D eigenvalue weighted by Crippen LogP contribution is 2.35. The molecule has 0 aromatic heterocycles. The van der Waals surface area contributed by atoms with Crippen LogP contribution in [0, 0.1) is 0 Å². The third kappa shape index (κ3) is 3.38. The fraction of sp³-hybridized carbons (Fsp3) is 0.562. The van der Waals surface area contributed by atoms with Crippen LogP contribution in [-0.2, 0) is 13.0 Å². The van der Waals surface area contributed by atoms with Crippen LogP contribution in [0.2, 0.25) is 0 Å². The van der Waals surface area contributed by atoms with Crippen molar-refractivity contribution in [3.63, 3.8) is 0 Å². The third-order valence-electron chi connectivity index (χ3n) is 3.85. The lowest BCUT2D eigenvalue weighted by Crippen LogP contribution is -2.29. The second-order valence-corrected chi connectivity index (χ2v) is 5.11. The molecule has 1 aromatic carbocycles. The Bertz CT molecular complexity index is 534. The van der Waals surface area contributed by atoms with Gasteiger partial charge in [0.05, 0.1) is 6.54 Å². The molecule has 6 heteroatoms. The first-order chi connectivity index (χ1) is 10.7. The normalized spacial score (nSPS) is 15.8. The van der Waals surface area contributed by atoms with Gasteiger partial charge in [0.1, 0.15) is 0 Å². The number of alkyl halides is 2. The maximum Gasteiger partial charge on any atom is 0.255 e. The zero-order chi connectivity index (χ0) is 16.1. The van der Waals surface area contributed by atoms with Crippen LogP contribution in [0.1, 0.15) is 35.3 Å². The lowest BCUT2D eigenvalue weighted by molar-refractivity contribution is 0.0891. The highest BCUT2D eigenvalue weighted by molar-refractivity contribution is 5.98. The highest BCUT2D eigenvalue weighted by Gasteiger charge is 2.28. The Labute approximate surface area is 129 Å². The number of nitrogens with one attached hydrogen (secondary N) is 2. The minimum atomic E-state index is -2.52. The summed E-state index contributed by atoms with van der Waals surface area (Å²) in [4.78, 5) is 14.3. The van der Waals surface area contributed by atoms with Gasteiger partial charge in [0.2, 0.25) is 0 Å². The van der Waals surface area contributed by atoms with Gasteiger partial charge >= 0.3 is 0 Å². The second-order valence-electron chi connectivity index (χ2n) is 5.11. The molecule has 1 aromatic rings. The minimum absolute atomic E-state index is 0.401. The summed E-state index contributed by atoms with van der Waals surface area (Å²) < 4.78 is 24.4. The Morgan fingerprint density at radius 3 is 2.86 bits per heavy atom. The molecular weight excluding hydrogens is 288 g/mol. The number of carbonyl (C=O) groups excluding carboxylic acids is 1. The van der Waals surface area contributed by atoms with Crippen molar-refractivity contribution in [2.45, 2.75) is 33.2 Å². The molecule has 0 saturated heterocycles. The van der Waals surface area contributed by atoms with Crippen molar-refractivity contribution < 1.29 is 13.6 Å². The summed E-state index contributed by atoms with van der Waals surface area (Å²) in [6.07, 6.45) is -1.71. The summed E-state index contributed by atoms with van der Waals surface area (Å²) in [6, 6.07) is 3.68. The average Bonchev–Trinajstić information content (AvgIpc) is 2.84. The Balaban J connectivity index is 0.000000847. The molecular formula is C16H23F2N3O. The van der Waals surface area contributed by atoms with E-state index in [1.165, 1.54) is 5.56 Å². The SMILES string of the molecule is CC.O=C(NCC(F)F)c1ccc2c3c1CCN3CCNC2. The van der Waals surface area contributed by atoms with Gasteiger partial charge in [-0.2, -0.15) is 0 Å². The Hall–Kier alpha value is -1.69. The Morgan fingerprint density at radius 1 is 1.36 bits per heavy atom. The zero-order valence-electron chi connectivity index (χ0n) is 13.1. The molecule has 2 aliphatic heterocycles. The fourth-order valence-corrected chi connectivity index (χ4v) is 2.97. The summed E-state index contributed by atoms with van der Waals surface area (Å²) in [5.41, 5.74) is 3.84. The van der Waals surface area contributed by atoms with Gasteiger partial charge in [-0.3, -0.25) is 4.79 Å². The maximum atomic E-state index is 12.2. The minimum Gasteiger partial charge on any atom is -0.369 e. The number of hydrogen-bond acceptors (Lipinski definition) is 3. The van der Waals surface area contributed by atoms with E-state index in [-0.39, 0.29) is 0 Å².